The highest BCUT2D eigenvalue weighted by Crippen LogP contribution is 2.14. The minimum atomic E-state index is -0.409. The standard InChI is InChI=1S/C13H17BrFNO/c1-3-8-16(9-7-14)13(17)11-6-4-5-10(2)12(11)15/h4-6H,3,7-9H2,1-2H3. The fraction of sp³-hybridized carbons (Fsp3) is 0.462. The van der Waals surface area contributed by atoms with Crippen molar-refractivity contribution in [3.05, 3.63) is 35.1 Å². The molecule has 0 spiro atoms. The second-order valence-corrected chi connectivity index (χ2v) is 4.71. The van der Waals surface area contributed by atoms with Crippen LogP contribution in [0.1, 0.15) is 29.3 Å². The van der Waals surface area contributed by atoms with E-state index < -0.39 is 5.82 Å². The van der Waals surface area contributed by atoms with E-state index >= 15 is 0 Å². The number of alkyl halides is 1. The van der Waals surface area contributed by atoms with Crippen molar-refractivity contribution in [3.63, 3.8) is 0 Å². The highest BCUT2D eigenvalue weighted by molar-refractivity contribution is 9.09. The summed E-state index contributed by atoms with van der Waals surface area (Å²) in [6.07, 6.45) is 0.867. The lowest BCUT2D eigenvalue weighted by Crippen LogP contribution is -2.34. The van der Waals surface area contributed by atoms with E-state index in [4.69, 9.17) is 0 Å². The summed E-state index contributed by atoms with van der Waals surface area (Å²) in [5.74, 6) is -0.638. The highest BCUT2D eigenvalue weighted by Gasteiger charge is 2.18. The monoisotopic (exact) mass is 301 g/mol. The molecule has 0 atom stereocenters. The van der Waals surface area contributed by atoms with Gasteiger partial charge in [-0.15, -0.1) is 0 Å². The van der Waals surface area contributed by atoms with E-state index in [0.29, 0.717) is 24.0 Å². The summed E-state index contributed by atoms with van der Waals surface area (Å²) in [7, 11) is 0. The van der Waals surface area contributed by atoms with Crippen molar-refractivity contribution < 1.29 is 9.18 Å². The molecular weight excluding hydrogens is 285 g/mol. The Kier molecular flexibility index (Phi) is 5.62. The smallest absolute Gasteiger partial charge is 0.256 e. The zero-order valence-corrected chi connectivity index (χ0v) is 11.8. The Labute approximate surface area is 110 Å². The quantitative estimate of drug-likeness (QED) is 0.764. The first kappa shape index (κ1) is 14.2. The minimum absolute atomic E-state index is 0.166. The molecule has 94 valence electrons. The van der Waals surface area contributed by atoms with Gasteiger partial charge < -0.3 is 4.90 Å². The van der Waals surface area contributed by atoms with Crippen LogP contribution in [0.2, 0.25) is 0 Å². The number of carbonyl (C=O) groups is 1. The average molecular weight is 302 g/mol. The summed E-state index contributed by atoms with van der Waals surface area (Å²) in [6, 6.07) is 4.92. The van der Waals surface area contributed by atoms with Crippen LogP contribution in [0.5, 0.6) is 0 Å². The topological polar surface area (TPSA) is 20.3 Å². The van der Waals surface area contributed by atoms with Crippen molar-refractivity contribution >= 4 is 21.8 Å². The Morgan fingerprint density at radius 3 is 2.71 bits per heavy atom. The van der Waals surface area contributed by atoms with Gasteiger partial charge in [0.25, 0.3) is 5.91 Å². The van der Waals surface area contributed by atoms with E-state index in [-0.39, 0.29) is 11.5 Å². The first-order valence-corrected chi connectivity index (χ1v) is 6.84. The molecule has 0 aromatic heterocycles. The Bertz CT molecular complexity index is 389. The number of amides is 1. The molecule has 1 aromatic carbocycles. The van der Waals surface area contributed by atoms with Gasteiger partial charge >= 0.3 is 0 Å². The number of aryl methyl sites for hydroxylation is 1. The Morgan fingerprint density at radius 1 is 1.41 bits per heavy atom. The third-order valence-electron chi connectivity index (χ3n) is 2.56. The number of carbonyl (C=O) groups excluding carboxylic acids is 1. The number of benzene rings is 1. The summed E-state index contributed by atoms with van der Waals surface area (Å²) in [6.45, 7) is 4.92. The van der Waals surface area contributed by atoms with Gasteiger partial charge in [0, 0.05) is 18.4 Å². The van der Waals surface area contributed by atoms with E-state index in [2.05, 4.69) is 15.9 Å². The molecule has 0 saturated heterocycles. The maximum atomic E-state index is 13.8. The van der Waals surface area contributed by atoms with Crippen molar-refractivity contribution in [2.45, 2.75) is 20.3 Å². The number of halogens is 2. The summed E-state index contributed by atoms with van der Waals surface area (Å²) < 4.78 is 13.8. The first-order chi connectivity index (χ1) is 8.11. The third kappa shape index (κ3) is 3.53. The predicted octanol–water partition coefficient (Wildman–Crippen LogP) is 3.38. The van der Waals surface area contributed by atoms with Gasteiger partial charge in [0.15, 0.2) is 0 Å². The van der Waals surface area contributed by atoms with Crippen LogP contribution in [-0.2, 0) is 0 Å². The molecule has 0 radical (unpaired) electrons. The SMILES string of the molecule is CCCN(CCBr)C(=O)c1cccc(C)c1F. The molecule has 0 saturated carbocycles. The van der Waals surface area contributed by atoms with Crippen molar-refractivity contribution in [2.75, 3.05) is 18.4 Å². The van der Waals surface area contributed by atoms with Gasteiger partial charge in [-0.25, -0.2) is 4.39 Å². The summed E-state index contributed by atoms with van der Waals surface area (Å²) in [5.41, 5.74) is 0.672. The fourth-order valence-electron chi connectivity index (χ4n) is 1.67. The molecule has 0 aliphatic heterocycles. The molecule has 0 aliphatic carbocycles. The van der Waals surface area contributed by atoms with Crippen LogP contribution in [0.15, 0.2) is 18.2 Å². The minimum Gasteiger partial charge on any atom is -0.338 e. The molecule has 0 aliphatic rings. The summed E-state index contributed by atoms with van der Waals surface area (Å²) in [4.78, 5) is 13.8. The van der Waals surface area contributed by atoms with Crippen LogP contribution in [0, 0.1) is 12.7 Å². The predicted molar refractivity (Wildman–Crippen MR) is 71.1 cm³/mol. The Balaban J connectivity index is 2.96. The molecule has 2 nitrogen and oxygen atoms in total. The van der Waals surface area contributed by atoms with Gasteiger partial charge in [-0.1, -0.05) is 35.0 Å². The van der Waals surface area contributed by atoms with Crippen molar-refractivity contribution in [3.8, 4) is 0 Å². The molecule has 0 N–H and O–H groups in total. The molecule has 0 fully saturated rings. The lowest BCUT2D eigenvalue weighted by atomic mass is 10.1. The molecule has 17 heavy (non-hydrogen) atoms. The summed E-state index contributed by atoms with van der Waals surface area (Å²) >= 11 is 3.31. The lowest BCUT2D eigenvalue weighted by molar-refractivity contribution is 0.0761. The maximum absolute atomic E-state index is 13.8. The van der Waals surface area contributed by atoms with Crippen LogP contribution in [0.3, 0.4) is 0 Å². The second kappa shape index (κ2) is 6.74. The molecule has 0 unspecified atom stereocenters. The van der Waals surface area contributed by atoms with Gasteiger partial charge in [0.1, 0.15) is 5.82 Å². The highest BCUT2D eigenvalue weighted by atomic mass is 79.9. The first-order valence-electron chi connectivity index (χ1n) is 5.72. The molecule has 4 heteroatoms. The number of hydrogen-bond acceptors (Lipinski definition) is 1. The molecule has 1 rings (SSSR count). The van der Waals surface area contributed by atoms with Gasteiger partial charge in [0.05, 0.1) is 5.56 Å². The molecular formula is C13H17BrFNO. The molecule has 1 aromatic rings. The van der Waals surface area contributed by atoms with Crippen molar-refractivity contribution in [1.82, 2.24) is 4.90 Å². The van der Waals surface area contributed by atoms with Crippen molar-refractivity contribution in [2.24, 2.45) is 0 Å². The van der Waals surface area contributed by atoms with Gasteiger partial charge in [-0.2, -0.15) is 0 Å². The summed E-state index contributed by atoms with van der Waals surface area (Å²) in [5, 5.41) is 0.701. The molecule has 0 bridgehead atoms. The van der Waals surface area contributed by atoms with Crippen LogP contribution in [0.25, 0.3) is 0 Å². The van der Waals surface area contributed by atoms with Gasteiger partial charge in [-0.05, 0) is 25.0 Å². The fourth-order valence-corrected chi connectivity index (χ4v) is 2.10. The van der Waals surface area contributed by atoms with E-state index in [1.54, 1.807) is 30.0 Å². The van der Waals surface area contributed by atoms with Gasteiger partial charge in [-0.3, -0.25) is 4.79 Å². The number of hydrogen-bond donors (Lipinski definition) is 0. The van der Waals surface area contributed by atoms with E-state index in [1.807, 2.05) is 6.92 Å². The second-order valence-electron chi connectivity index (χ2n) is 3.92. The number of rotatable bonds is 5. The van der Waals surface area contributed by atoms with Crippen molar-refractivity contribution in [1.29, 1.82) is 0 Å². The van der Waals surface area contributed by atoms with Crippen LogP contribution >= 0.6 is 15.9 Å². The Hall–Kier alpha value is -0.900. The van der Waals surface area contributed by atoms with Gasteiger partial charge in [0.2, 0.25) is 0 Å². The zero-order chi connectivity index (χ0) is 12.8. The third-order valence-corrected chi connectivity index (χ3v) is 2.91. The maximum Gasteiger partial charge on any atom is 0.256 e. The average Bonchev–Trinajstić information content (AvgIpc) is 2.31. The van der Waals surface area contributed by atoms with Crippen LogP contribution in [0.4, 0.5) is 4.39 Å². The van der Waals surface area contributed by atoms with E-state index in [9.17, 15) is 9.18 Å². The normalized spacial score (nSPS) is 10.4. The van der Waals surface area contributed by atoms with Crippen LogP contribution in [-0.4, -0.2) is 29.2 Å². The molecule has 0 heterocycles. The zero-order valence-electron chi connectivity index (χ0n) is 10.2. The van der Waals surface area contributed by atoms with Crippen LogP contribution < -0.4 is 0 Å². The van der Waals surface area contributed by atoms with E-state index in [0.717, 1.165) is 6.42 Å². The molecule has 1 amide bonds. The van der Waals surface area contributed by atoms with E-state index in [1.165, 1.54) is 0 Å². The number of nitrogens with zero attached hydrogens (tertiary/aromatic N) is 1. The largest absolute Gasteiger partial charge is 0.338 e. The lowest BCUT2D eigenvalue weighted by Gasteiger charge is -2.21. The Morgan fingerprint density at radius 2 is 2.12 bits per heavy atom.